The van der Waals surface area contributed by atoms with Gasteiger partial charge in [-0.3, -0.25) is 9.59 Å². The van der Waals surface area contributed by atoms with Crippen molar-refractivity contribution < 1.29 is 14.3 Å². The zero-order valence-electron chi connectivity index (χ0n) is 16.9. The number of aryl methyl sites for hydroxylation is 1. The fourth-order valence-corrected chi connectivity index (χ4v) is 4.39. The molecule has 1 N–H and O–H groups in total. The van der Waals surface area contributed by atoms with Crippen LogP contribution in [-0.4, -0.2) is 19.0 Å². The highest BCUT2D eigenvalue weighted by atomic mass is 79.9. The molecule has 0 spiro atoms. The summed E-state index contributed by atoms with van der Waals surface area (Å²) < 4.78 is 5.76. The Hall–Kier alpha value is -2.14. The summed E-state index contributed by atoms with van der Waals surface area (Å²) in [6, 6.07) is 16.0. The number of esters is 1. The van der Waals surface area contributed by atoms with E-state index in [1.54, 1.807) is 0 Å². The van der Waals surface area contributed by atoms with E-state index in [0.29, 0.717) is 12.8 Å². The third-order valence-electron chi connectivity index (χ3n) is 5.78. The summed E-state index contributed by atoms with van der Waals surface area (Å²) in [6.07, 6.45) is 6.88. The van der Waals surface area contributed by atoms with Crippen molar-refractivity contribution >= 4 is 33.5 Å². The van der Waals surface area contributed by atoms with Crippen LogP contribution in [0.15, 0.2) is 53.0 Å². The van der Waals surface area contributed by atoms with E-state index < -0.39 is 0 Å². The molecule has 1 amide bonds. The number of carbonyl (C=O) groups is 2. The van der Waals surface area contributed by atoms with Crippen molar-refractivity contribution in [3.05, 3.63) is 64.1 Å². The minimum atomic E-state index is -0.367. The van der Waals surface area contributed by atoms with E-state index in [-0.39, 0.29) is 17.3 Å². The molecule has 154 valence electrons. The van der Waals surface area contributed by atoms with Gasteiger partial charge in [0.2, 0.25) is 5.91 Å². The number of benzene rings is 2. The summed E-state index contributed by atoms with van der Waals surface area (Å²) in [5.41, 5.74) is 2.63. The minimum absolute atomic E-state index is 0.102. The molecule has 1 aliphatic carbocycles. The molecule has 2 aromatic rings. The number of hydrogen-bond acceptors (Lipinski definition) is 3. The average Bonchev–Trinajstić information content (AvgIpc) is 2.74. The lowest BCUT2D eigenvalue weighted by Gasteiger charge is -2.36. The number of anilines is 1. The number of ether oxygens (including phenoxy) is 1. The standard InChI is InChI=1S/C24H28BrNO3/c1-29-22(27)13-10-18-6-5-7-21(16-18)26-23(28)24(14-3-2-4-15-24)17-19-8-11-20(25)12-9-19/h5-9,11-12,16H,2-4,10,13-15,17H2,1H3,(H,26,28). The van der Waals surface area contributed by atoms with Crippen LogP contribution in [0.2, 0.25) is 0 Å². The van der Waals surface area contributed by atoms with Gasteiger partial charge in [-0.25, -0.2) is 0 Å². The monoisotopic (exact) mass is 457 g/mol. The quantitative estimate of drug-likeness (QED) is 0.543. The fraction of sp³-hybridized carbons (Fsp3) is 0.417. The van der Waals surface area contributed by atoms with Crippen molar-refractivity contribution in [3.8, 4) is 0 Å². The lowest BCUT2D eigenvalue weighted by Crippen LogP contribution is -2.40. The van der Waals surface area contributed by atoms with Gasteiger partial charge in [0.15, 0.2) is 0 Å². The maximum Gasteiger partial charge on any atom is 0.305 e. The second-order valence-corrected chi connectivity index (χ2v) is 8.79. The van der Waals surface area contributed by atoms with Crippen molar-refractivity contribution in [3.63, 3.8) is 0 Å². The number of halogens is 1. The van der Waals surface area contributed by atoms with Crippen LogP contribution in [0.3, 0.4) is 0 Å². The summed E-state index contributed by atoms with van der Waals surface area (Å²) >= 11 is 3.48. The zero-order valence-corrected chi connectivity index (χ0v) is 18.5. The second kappa shape index (κ2) is 10.1. The van der Waals surface area contributed by atoms with Gasteiger partial charge in [0, 0.05) is 16.6 Å². The fourth-order valence-electron chi connectivity index (χ4n) is 4.12. The molecule has 2 aromatic carbocycles. The number of methoxy groups -OCH3 is 1. The lowest BCUT2D eigenvalue weighted by molar-refractivity contribution is -0.140. The Morgan fingerprint density at radius 3 is 2.45 bits per heavy atom. The first kappa shape index (κ1) is 21.6. The molecule has 0 heterocycles. The number of amides is 1. The van der Waals surface area contributed by atoms with Gasteiger partial charge >= 0.3 is 5.97 Å². The van der Waals surface area contributed by atoms with E-state index in [1.165, 1.54) is 19.1 Å². The molecule has 0 atom stereocenters. The van der Waals surface area contributed by atoms with Crippen LogP contribution in [-0.2, 0) is 27.2 Å². The van der Waals surface area contributed by atoms with Gasteiger partial charge < -0.3 is 10.1 Å². The van der Waals surface area contributed by atoms with Crippen LogP contribution in [0.1, 0.15) is 49.7 Å². The highest BCUT2D eigenvalue weighted by Crippen LogP contribution is 2.40. The van der Waals surface area contributed by atoms with Crippen LogP contribution >= 0.6 is 15.9 Å². The third-order valence-corrected chi connectivity index (χ3v) is 6.31. The van der Waals surface area contributed by atoms with Crippen LogP contribution < -0.4 is 5.32 Å². The molecule has 29 heavy (non-hydrogen) atoms. The molecule has 5 heteroatoms. The van der Waals surface area contributed by atoms with Crippen LogP contribution in [0.4, 0.5) is 5.69 Å². The maximum absolute atomic E-state index is 13.4. The van der Waals surface area contributed by atoms with Gasteiger partial charge in [-0.1, -0.05) is 59.5 Å². The minimum Gasteiger partial charge on any atom is -0.469 e. The molecule has 0 saturated heterocycles. The van der Waals surface area contributed by atoms with Crippen molar-refractivity contribution in [2.24, 2.45) is 5.41 Å². The molecule has 0 unspecified atom stereocenters. The summed E-state index contributed by atoms with van der Waals surface area (Å²) in [7, 11) is 1.40. The molecule has 3 rings (SSSR count). The normalized spacial score (nSPS) is 15.5. The van der Waals surface area contributed by atoms with Gasteiger partial charge in [0.1, 0.15) is 0 Å². The third kappa shape index (κ3) is 5.92. The van der Waals surface area contributed by atoms with Gasteiger partial charge in [0.05, 0.1) is 12.5 Å². The Morgan fingerprint density at radius 1 is 1.03 bits per heavy atom. The number of nitrogens with one attached hydrogen (secondary N) is 1. The summed E-state index contributed by atoms with van der Waals surface area (Å²) in [6.45, 7) is 0. The second-order valence-electron chi connectivity index (χ2n) is 7.87. The van der Waals surface area contributed by atoms with Crippen LogP contribution in [0.25, 0.3) is 0 Å². The Morgan fingerprint density at radius 2 is 1.76 bits per heavy atom. The van der Waals surface area contributed by atoms with Crippen molar-refractivity contribution in [1.29, 1.82) is 0 Å². The maximum atomic E-state index is 13.4. The number of rotatable bonds is 7. The SMILES string of the molecule is COC(=O)CCc1cccc(NC(=O)C2(Cc3ccc(Br)cc3)CCCCC2)c1. The molecule has 4 nitrogen and oxygen atoms in total. The molecule has 0 radical (unpaired) electrons. The van der Waals surface area contributed by atoms with Crippen molar-refractivity contribution in [2.45, 2.75) is 51.4 Å². The van der Waals surface area contributed by atoms with E-state index >= 15 is 0 Å². The van der Waals surface area contributed by atoms with E-state index in [2.05, 4.69) is 33.4 Å². The van der Waals surface area contributed by atoms with Crippen LogP contribution in [0, 0.1) is 5.41 Å². The predicted molar refractivity (Wildman–Crippen MR) is 119 cm³/mol. The van der Waals surface area contributed by atoms with Gasteiger partial charge in [-0.2, -0.15) is 0 Å². The van der Waals surface area contributed by atoms with Gasteiger partial charge in [-0.15, -0.1) is 0 Å². The Kier molecular flexibility index (Phi) is 7.48. The highest BCUT2D eigenvalue weighted by Gasteiger charge is 2.39. The van der Waals surface area contributed by atoms with Crippen molar-refractivity contribution in [2.75, 3.05) is 12.4 Å². The molecule has 0 aliphatic heterocycles. The molecule has 1 aliphatic rings. The molecule has 0 aromatic heterocycles. The van der Waals surface area contributed by atoms with E-state index in [4.69, 9.17) is 4.74 Å². The first-order valence-electron chi connectivity index (χ1n) is 10.2. The predicted octanol–water partition coefficient (Wildman–Crippen LogP) is 5.69. The van der Waals surface area contributed by atoms with E-state index in [1.807, 2.05) is 36.4 Å². The molecular formula is C24H28BrNO3. The molecule has 0 bridgehead atoms. The number of carbonyl (C=O) groups excluding carboxylic acids is 2. The van der Waals surface area contributed by atoms with Crippen LogP contribution in [0.5, 0.6) is 0 Å². The van der Waals surface area contributed by atoms with Gasteiger partial charge in [-0.05, 0) is 61.1 Å². The summed E-state index contributed by atoms with van der Waals surface area (Å²) in [4.78, 5) is 24.8. The Labute approximate surface area is 181 Å². The average molecular weight is 458 g/mol. The first-order valence-corrected chi connectivity index (χ1v) is 11.0. The topological polar surface area (TPSA) is 55.4 Å². The zero-order chi connectivity index (χ0) is 20.7. The van der Waals surface area contributed by atoms with Gasteiger partial charge in [0.25, 0.3) is 0 Å². The molecule has 1 fully saturated rings. The Bertz CT molecular complexity index is 841. The van der Waals surface area contributed by atoms with Crippen molar-refractivity contribution in [1.82, 2.24) is 0 Å². The largest absolute Gasteiger partial charge is 0.469 e. The summed E-state index contributed by atoms with van der Waals surface area (Å²) in [5, 5.41) is 3.16. The van der Waals surface area contributed by atoms with E-state index in [9.17, 15) is 9.59 Å². The first-order chi connectivity index (χ1) is 14.0. The molecule has 1 saturated carbocycles. The smallest absolute Gasteiger partial charge is 0.305 e. The lowest BCUT2D eigenvalue weighted by atomic mass is 9.69. The Balaban J connectivity index is 1.73. The van der Waals surface area contributed by atoms with E-state index in [0.717, 1.165) is 47.8 Å². The summed E-state index contributed by atoms with van der Waals surface area (Å²) in [5.74, 6) is -0.125. The number of hydrogen-bond donors (Lipinski definition) is 1. The highest BCUT2D eigenvalue weighted by molar-refractivity contribution is 9.10. The molecular weight excluding hydrogens is 430 g/mol.